The van der Waals surface area contributed by atoms with Crippen molar-refractivity contribution in [3.8, 4) is 0 Å². The Bertz CT molecular complexity index is 977. The standard InChI is InChI=1S/C18H15BrN4O2S2/c19-12-6-2-1-5-11(12)17-23(16(25)10-26-17)20-9-15(24)22-18-21-13-7-3-4-8-14(13)27-18/h1-8,17,20H,9-10H2,(H,21,22,24). The molecule has 2 amide bonds. The number of amides is 2. The second-order valence-electron chi connectivity index (χ2n) is 5.82. The van der Waals surface area contributed by atoms with Gasteiger partial charge in [-0.05, 0) is 18.2 Å². The molecule has 138 valence electrons. The van der Waals surface area contributed by atoms with Gasteiger partial charge >= 0.3 is 0 Å². The summed E-state index contributed by atoms with van der Waals surface area (Å²) in [6.45, 7) is -0.0107. The van der Waals surface area contributed by atoms with E-state index < -0.39 is 0 Å². The Balaban J connectivity index is 1.41. The van der Waals surface area contributed by atoms with Crippen LogP contribution in [0.5, 0.6) is 0 Å². The Morgan fingerprint density at radius 2 is 2.00 bits per heavy atom. The number of thiazole rings is 1. The molecule has 9 heteroatoms. The van der Waals surface area contributed by atoms with E-state index in [4.69, 9.17) is 0 Å². The number of fused-ring (bicyclic) bond motifs is 1. The number of thioether (sulfide) groups is 1. The van der Waals surface area contributed by atoms with E-state index >= 15 is 0 Å². The Morgan fingerprint density at radius 3 is 2.81 bits per heavy atom. The molecular formula is C18H15BrN4O2S2. The molecule has 3 aromatic rings. The zero-order chi connectivity index (χ0) is 18.8. The van der Waals surface area contributed by atoms with Crippen molar-refractivity contribution in [2.75, 3.05) is 17.6 Å². The van der Waals surface area contributed by atoms with Crippen LogP contribution in [-0.2, 0) is 9.59 Å². The van der Waals surface area contributed by atoms with Crippen molar-refractivity contribution in [1.82, 2.24) is 15.4 Å². The lowest BCUT2D eigenvalue weighted by atomic mass is 10.2. The van der Waals surface area contributed by atoms with Gasteiger partial charge in [0.25, 0.3) is 0 Å². The number of hydrazine groups is 1. The molecule has 6 nitrogen and oxygen atoms in total. The number of hydrogen-bond donors (Lipinski definition) is 2. The quantitative estimate of drug-likeness (QED) is 0.603. The summed E-state index contributed by atoms with van der Waals surface area (Å²) in [5.41, 5.74) is 4.81. The summed E-state index contributed by atoms with van der Waals surface area (Å²) in [5, 5.41) is 4.69. The van der Waals surface area contributed by atoms with E-state index in [9.17, 15) is 9.59 Å². The van der Waals surface area contributed by atoms with Crippen LogP contribution in [0.1, 0.15) is 10.9 Å². The van der Waals surface area contributed by atoms with E-state index in [0.29, 0.717) is 10.9 Å². The summed E-state index contributed by atoms with van der Waals surface area (Å²) in [4.78, 5) is 28.9. The minimum atomic E-state index is -0.246. The largest absolute Gasteiger partial charge is 0.301 e. The molecule has 1 unspecified atom stereocenters. The van der Waals surface area contributed by atoms with Gasteiger partial charge in [-0.2, -0.15) is 0 Å². The third-order valence-corrected chi connectivity index (χ3v) is 6.86. The summed E-state index contributed by atoms with van der Waals surface area (Å²) in [6.07, 6.45) is 0. The number of carbonyl (C=O) groups is 2. The van der Waals surface area contributed by atoms with Crippen LogP contribution in [0.4, 0.5) is 5.13 Å². The van der Waals surface area contributed by atoms with Gasteiger partial charge in [0.1, 0.15) is 5.37 Å². The zero-order valence-electron chi connectivity index (χ0n) is 14.0. The van der Waals surface area contributed by atoms with Gasteiger partial charge < -0.3 is 5.32 Å². The van der Waals surface area contributed by atoms with Gasteiger partial charge in [0, 0.05) is 10.0 Å². The van der Waals surface area contributed by atoms with Crippen LogP contribution in [0.25, 0.3) is 10.2 Å². The van der Waals surface area contributed by atoms with E-state index in [1.54, 1.807) is 0 Å². The van der Waals surface area contributed by atoms with Crippen LogP contribution < -0.4 is 10.7 Å². The first kappa shape index (κ1) is 18.4. The highest BCUT2D eigenvalue weighted by atomic mass is 79.9. The van der Waals surface area contributed by atoms with Crippen LogP contribution in [-0.4, -0.2) is 34.1 Å². The summed E-state index contributed by atoms with van der Waals surface area (Å²) < 4.78 is 1.95. The van der Waals surface area contributed by atoms with E-state index in [0.717, 1.165) is 20.3 Å². The van der Waals surface area contributed by atoms with Gasteiger partial charge in [-0.15, -0.1) is 11.8 Å². The Labute approximate surface area is 172 Å². The molecule has 2 N–H and O–H groups in total. The number of para-hydroxylation sites is 1. The number of nitrogens with one attached hydrogen (secondary N) is 2. The van der Waals surface area contributed by atoms with Crippen molar-refractivity contribution in [1.29, 1.82) is 0 Å². The predicted octanol–water partition coefficient (Wildman–Crippen LogP) is 3.78. The van der Waals surface area contributed by atoms with Gasteiger partial charge in [0.2, 0.25) is 11.8 Å². The molecule has 0 spiro atoms. The molecule has 2 aromatic carbocycles. The molecule has 1 aliphatic heterocycles. The third-order valence-electron chi connectivity index (χ3n) is 3.99. The second kappa shape index (κ2) is 7.97. The highest BCUT2D eigenvalue weighted by molar-refractivity contribution is 9.10. The fraction of sp³-hybridized carbons (Fsp3) is 0.167. The number of aromatic nitrogens is 1. The molecule has 1 aliphatic rings. The molecule has 1 fully saturated rings. The molecule has 2 heterocycles. The predicted molar refractivity (Wildman–Crippen MR) is 112 cm³/mol. The topological polar surface area (TPSA) is 74.3 Å². The molecule has 1 atom stereocenters. The lowest BCUT2D eigenvalue weighted by molar-refractivity contribution is -0.131. The molecular weight excluding hydrogens is 448 g/mol. The number of halogens is 1. The number of hydrogen-bond acceptors (Lipinski definition) is 6. The number of benzene rings is 2. The SMILES string of the molecule is O=C(CNN1C(=O)CSC1c1ccccc1Br)Nc1nc2ccccc2s1. The molecule has 0 saturated carbocycles. The minimum Gasteiger partial charge on any atom is -0.301 e. The molecule has 1 aromatic heterocycles. The maximum Gasteiger partial charge on any atom is 0.248 e. The van der Waals surface area contributed by atoms with E-state index in [1.165, 1.54) is 28.1 Å². The fourth-order valence-corrected chi connectivity index (χ4v) is 5.45. The second-order valence-corrected chi connectivity index (χ2v) is 8.77. The first-order chi connectivity index (χ1) is 13.1. The molecule has 0 bridgehead atoms. The van der Waals surface area contributed by atoms with Crippen LogP contribution in [0, 0.1) is 0 Å². The van der Waals surface area contributed by atoms with E-state index in [2.05, 4.69) is 31.7 Å². The van der Waals surface area contributed by atoms with Crippen LogP contribution in [0.2, 0.25) is 0 Å². The number of carbonyl (C=O) groups excluding carboxylic acids is 2. The Hall–Kier alpha value is -1.94. The van der Waals surface area contributed by atoms with Crippen molar-refractivity contribution < 1.29 is 9.59 Å². The molecule has 27 heavy (non-hydrogen) atoms. The average molecular weight is 463 g/mol. The first-order valence-corrected chi connectivity index (χ1v) is 10.8. The normalized spacial score (nSPS) is 16.9. The summed E-state index contributed by atoms with van der Waals surface area (Å²) in [7, 11) is 0. The van der Waals surface area contributed by atoms with Crippen LogP contribution in [0.15, 0.2) is 53.0 Å². The number of nitrogens with zero attached hydrogens (tertiary/aromatic N) is 2. The summed E-state index contributed by atoms with van der Waals surface area (Å²) in [5.74, 6) is 0.0801. The first-order valence-electron chi connectivity index (χ1n) is 8.19. The molecule has 1 saturated heterocycles. The van der Waals surface area contributed by atoms with Gasteiger partial charge in [-0.1, -0.05) is 57.6 Å². The molecule has 0 aliphatic carbocycles. The molecule has 4 rings (SSSR count). The van der Waals surface area contributed by atoms with Crippen molar-refractivity contribution >= 4 is 66.2 Å². The highest BCUT2D eigenvalue weighted by Gasteiger charge is 2.34. The van der Waals surface area contributed by atoms with Crippen molar-refractivity contribution in [3.05, 3.63) is 58.6 Å². The fourth-order valence-electron chi connectivity index (χ4n) is 2.75. The maximum absolute atomic E-state index is 12.3. The summed E-state index contributed by atoms with van der Waals surface area (Å²) >= 11 is 6.48. The number of anilines is 1. The number of rotatable bonds is 5. The van der Waals surface area contributed by atoms with Gasteiger partial charge in [-0.3, -0.25) is 14.6 Å². The zero-order valence-corrected chi connectivity index (χ0v) is 17.2. The van der Waals surface area contributed by atoms with Gasteiger partial charge in [0.05, 0.1) is 22.5 Å². The van der Waals surface area contributed by atoms with Crippen LogP contribution >= 0.6 is 39.0 Å². The highest BCUT2D eigenvalue weighted by Crippen LogP contribution is 2.40. The van der Waals surface area contributed by atoms with Crippen molar-refractivity contribution in [2.24, 2.45) is 0 Å². The van der Waals surface area contributed by atoms with E-state index in [1.807, 2.05) is 48.5 Å². The van der Waals surface area contributed by atoms with E-state index in [-0.39, 0.29) is 23.7 Å². The van der Waals surface area contributed by atoms with Crippen molar-refractivity contribution in [3.63, 3.8) is 0 Å². The lowest BCUT2D eigenvalue weighted by Gasteiger charge is -2.25. The van der Waals surface area contributed by atoms with Crippen LogP contribution in [0.3, 0.4) is 0 Å². The maximum atomic E-state index is 12.3. The minimum absolute atomic E-state index is 0.0107. The third kappa shape index (κ3) is 4.01. The molecule has 0 radical (unpaired) electrons. The van der Waals surface area contributed by atoms with Gasteiger partial charge in [0.15, 0.2) is 5.13 Å². The Kier molecular flexibility index (Phi) is 5.44. The Morgan fingerprint density at radius 1 is 1.22 bits per heavy atom. The smallest absolute Gasteiger partial charge is 0.248 e. The van der Waals surface area contributed by atoms with Gasteiger partial charge in [-0.25, -0.2) is 10.4 Å². The monoisotopic (exact) mass is 462 g/mol. The van der Waals surface area contributed by atoms with Crippen molar-refractivity contribution in [2.45, 2.75) is 5.37 Å². The average Bonchev–Trinajstić information content (AvgIpc) is 3.23. The lowest BCUT2D eigenvalue weighted by Crippen LogP contribution is -2.44. The summed E-state index contributed by atoms with van der Waals surface area (Å²) in [6, 6.07) is 15.5.